The third-order valence-electron chi connectivity index (χ3n) is 4.49. The highest BCUT2D eigenvalue weighted by atomic mass is 16.5. The minimum atomic E-state index is -0.407. The van der Waals surface area contributed by atoms with Crippen LogP contribution in [0.25, 0.3) is 21.7 Å². The van der Waals surface area contributed by atoms with Gasteiger partial charge in [-0.05, 0) is 41.5 Å². The molecule has 1 aliphatic heterocycles. The van der Waals surface area contributed by atoms with Crippen molar-refractivity contribution in [2.24, 2.45) is 0 Å². The number of amides is 2. The van der Waals surface area contributed by atoms with E-state index in [4.69, 9.17) is 9.15 Å². The number of imide groups is 1. The van der Waals surface area contributed by atoms with Crippen molar-refractivity contribution < 1.29 is 23.5 Å². The molecule has 0 bridgehead atoms. The maximum atomic E-state index is 12.2. The van der Waals surface area contributed by atoms with Crippen LogP contribution in [-0.2, 0) is 14.4 Å². The molecule has 1 atom stereocenters. The molecular formula is C19H15NO5. The number of hydrogen-bond donors (Lipinski definition) is 1. The summed E-state index contributed by atoms with van der Waals surface area (Å²) in [6.45, 7) is 0.000977. The van der Waals surface area contributed by atoms with E-state index in [9.17, 15) is 14.4 Å². The lowest BCUT2D eigenvalue weighted by atomic mass is 9.89. The fourth-order valence-electron chi connectivity index (χ4n) is 3.34. The number of nitrogens with one attached hydrogen (secondary N) is 1. The largest absolute Gasteiger partial charge is 0.486 e. The lowest BCUT2D eigenvalue weighted by Gasteiger charge is -2.20. The molecule has 0 saturated carbocycles. The van der Waals surface area contributed by atoms with E-state index in [0.29, 0.717) is 30.5 Å². The minimum Gasteiger partial charge on any atom is -0.486 e. The maximum Gasteiger partial charge on any atom is 0.234 e. The average Bonchev–Trinajstić information content (AvgIpc) is 3.04. The lowest BCUT2D eigenvalue weighted by Crippen LogP contribution is -2.39. The number of benzene rings is 2. The Morgan fingerprint density at radius 1 is 1.24 bits per heavy atom. The zero-order chi connectivity index (χ0) is 17.4. The quantitative estimate of drug-likeness (QED) is 0.584. The number of furan rings is 1. The van der Waals surface area contributed by atoms with Gasteiger partial charge in [-0.25, -0.2) is 0 Å². The van der Waals surface area contributed by atoms with E-state index < -0.39 is 5.92 Å². The van der Waals surface area contributed by atoms with Gasteiger partial charge in [0.2, 0.25) is 11.8 Å². The van der Waals surface area contributed by atoms with Crippen molar-refractivity contribution in [3.63, 3.8) is 0 Å². The Morgan fingerprint density at radius 3 is 2.92 bits per heavy atom. The molecular weight excluding hydrogens is 322 g/mol. The predicted octanol–water partition coefficient (Wildman–Crippen LogP) is 2.68. The van der Waals surface area contributed by atoms with Gasteiger partial charge in [-0.15, -0.1) is 0 Å². The average molecular weight is 337 g/mol. The van der Waals surface area contributed by atoms with Gasteiger partial charge in [-0.1, -0.05) is 6.07 Å². The summed E-state index contributed by atoms with van der Waals surface area (Å²) in [4.78, 5) is 34.1. The number of fused-ring (bicyclic) bond motifs is 3. The summed E-state index contributed by atoms with van der Waals surface area (Å²) >= 11 is 0. The number of ether oxygens (including phenoxy) is 1. The van der Waals surface area contributed by atoms with Gasteiger partial charge < -0.3 is 9.15 Å². The molecule has 0 spiro atoms. The Bertz CT molecular complexity index is 1000. The van der Waals surface area contributed by atoms with Crippen LogP contribution < -0.4 is 10.1 Å². The van der Waals surface area contributed by atoms with Crippen molar-refractivity contribution in [1.82, 2.24) is 5.32 Å². The van der Waals surface area contributed by atoms with Crippen LogP contribution in [0, 0.1) is 0 Å². The van der Waals surface area contributed by atoms with Gasteiger partial charge >= 0.3 is 0 Å². The topological polar surface area (TPSA) is 85.6 Å². The molecule has 2 heterocycles. The van der Waals surface area contributed by atoms with E-state index in [0.717, 1.165) is 21.7 Å². The van der Waals surface area contributed by atoms with Crippen LogP contribution >= 0.6 is 0 Å². The van der Waals surface area contributed by atoms with E-state index in [2.05, 4.69) is 5.32 Å². The summed E-state index contributed by atoms with van der Waals surface area (Å²) < 4.78 is 11.0. The highest BCUT2D eigenvalue weighted by Crippen LogP contribution is 2.37. The molecule has 25 heavy (non-hydrogen) atoms. The Labute approximate surface area is 142 Å². The Balaban J connectivity index is 1.83. The molecule has 126 valence electrons. The van der Waals surface area contributed by atoms with Crippen LogP contribution in [-0.4, -0.2) is 24.7 Å². The molecule has 1 unspecified atom stereocenters. The van der Waals surface area contributed by atoms with E-state index >= 15 is 0 Å². The van der Waals surface area contributed by atoms with E-state index in [-0.39, 0.29) is 18.4 Å². The monoisotopic (exact) mass is 337 g/mol. The van der Waals surface area contributed by atoms with Crippen molar-refractivity contribution in [1.29, 1.82) is 0 Å². The van der Waals surface area contributed by atoms with Gasteiger partial charge in [0, 0.05) is 17.4 Å². The minimum absolute atomic E-state index is 0.000977. The molecule has 0 radical (unpaired) electrons. The molecule has 1 aliphatic rings. The number of aldehydes is 1. The Kier molecular flexibility index (Phi) is 3.72. The number of carbonyl (C=O) groups is 3. The zero-order valence-corrected chi connectivity index (χ0v) is 13.3. The molecule has 2 aromatic carbocycles. The third-order valence-corrected chi connectivity index (χ3v) is 4.49. The summed E-state index contributed by atoms with van der Waals surface area (Å²) in [6, 6.07) is 9.27. The molecule has 3 aromatic rings. The summed E-state index contributed by atoms with van der Waals surface area (Å²) in [7, 11) is 0. The summed E-state index contributed by atoms with van der Waals surface area (Å²) in [5.41, 5.74) is 1.47. The van der Waals surface area contributed by atoms with Gasteiger partial charge in [0.05, 0.1) is 12.2 Å². The fourth-order valence-corrected chi connectivity index (χ4v) is 3.34. The van der Waals surface area contributed by atoms with E-state index in [1.807, 2.05) is 24.3 Å². The third kappa shape index (κ3) is 2.65. The molecule has 4 rings (SSSR count). The van der Waals surface area contributed by atoms with Crippen LogP contribution in [0.15, 0.2) is 41.0 Å². The van der Waals surface area contributed by atoms with Crippen molar-refractivity contribution in [3.05, 3.63) is 42.2 Å². The lowest BCUT2D eigenvalue weighted by molar-refractivity contribution is -0.134. The number of rotatable bonds is 4. The van der Waals surface area contributed by atoms with Crippen LogP contribution in [0.3, 0.4) is 0 Å². The maximum absolute atomic E-state index is 12.2. The molecule has 1 fully saturated rings. The van der Waals surface area contributed by atoms with Gasteiger partial charge in [-0.2, -0.15) is 0 Å². The first-order valence-corrected chi connectivity index (χ1v) is 8.01. The number of carbonyl (C=O) groups excluding carboxylic acids is 3. The standard InChI is InChI=1S/C19H15NO5/c21-7-8-24-12-2-3-13-11(9-12)1-5-16-18(13)15(10-25-16)14-4-6-17(22)20-19(14)23/h1-3,5,7,9-10,14H,4,6,8H2,(H,20,22,23). The Hall–Kier alpha value is -3.15. The van der Waals surface area contributed by atoms with Gasteiger partial charge in [0.25, 0.3) is 0 Å². The number of hydrogen-bond acceptors (Lipinski definition) is 5. The van der Waals surface area contributed by atoms with Crippen LogP contribution in [0.5, 0.6) is 5.75 Å². The normalized spacial score (nSPS) is 17.7. The first-order valence-electron chi connectivity index (χ1n) is 8.01. The summed E-state index contributed by atoms with van der Waals surface area (Å²) in [5, 5.41) is 5.12. The molecule has 1 N–H and O–H groups in total. The first-order chi connectivity index (χ1) is 12.2. The van der Waals surface area contributed by atoms with Gasteiger partial charge in [0.1, 0.15) is 17.9 Å². The van der Waals surface area contributed by atoms with Crippen molar-refractivity contribution in [2.75, 3.05) is 6.61 Å². The van der Waals surface area contributed by atoms with Crippen LogP contribution in [0.4, 0.5) is 0 Å². The molecule has 0 aliphatic carbocycles. The molecule has 2 amide bonds. The predicted molar refractivity (Wildman–Crippen MR) is 90.4 cm³/mol. The van der Waals surface area contributed by atoms with Crippen molar-refractivity contribution in [3.8, 4) is 5.75 Å². The summed E-state index contributed by atoms with van der Waals surface area (Å²) in [5.74, 6) is -0.335. The molecule has 1 saturated heterocycles. The molecule has 1 aromatic heterocycles. The van der Waals surface area contributed by atoms with Crippen LogP contribution in [0.1, 0.15) is 24.3 Å². The van der Waals surface area contributed by atoms with Crippen molar-refractivity contribution >= 4 is 39.8 Å². The fraction of sp³-hybridized carbons (Fsp3) is 0.211. The molecule has 6 nitrogen and oxygen atoms in total. The summed E-state index contributed by atoms with van der Waals surface area (Å²) in [6.07, 6.45) is 3.08. The zero-order valence-electron chi connectivity index (χ0n) is 13.3. The SMILES string of the molecule is O=CCOc1ccc2c(ccc3occ(C4CCC(=O)NC4=O)c32)c1. The van der Waals surface area contributed by atoms with Gasteiger partial charge in [-0.3, -0.25) is 19.7 Å². The molecule has 6 heteroatoms. The van der Waals surface area contributed by atoms with E-state index in [1.165, 1.54) is 0 Å². The second-order valence-corrected chi connectivity index (χ2v) is 5.99. The second kappa shape index (κ2) is 6.05. The van der Waals surface area contributed by atoms with Crippen molar-refractivity contribution in [2.45, 2.75) is 18.8 Å². The highest BCUT2D eigenvalue weighted by molar-refractivity contribution is 6.10. The Morgan fingerprint density at radius 2 is 2.12 bits per heavy atom. The smallest absolute Gasteiger partial charge is 0.234 e. The highest BCUT2D eigenvalue weighted by Gasteiger charge is 2.30. The second-order valence-electron chi connectivity index (χ2n) is 5.99. The van der Waals surface area contributed by atoms with E-state index in [1.54, 1.807) is 12.3 Å². The van der Waals surface area contributed by atoms with Crippen LogP contribution in [0.2, 0.25) is 0 Å². The number of piperidine rings is 1. The van der Waals surface area contributed by atoms with Gasteiger partial charge in [0.15, 0.2) is 6.29 Å². The first kappa shape index (κ1) is 15.4.